The standard InChI is InChI=1S/C30H30BBr2NO4/c1-29(2)30(3,4)38-31(37-29)20(15-19-16-21(32)13-14-27(19)33)17-34-28(35)36-18-26-24-11-7-5-9-22(24)23-10-6-8-12-25(23)26/h5-16,26H,17-18H2,1-4H3,(H,34,35). The first-order valence-electron chi connectivity index (χ1n) is 12.7. The maximum absolute atomic E-state index is 12.9. The van der Waals surface area contributed by atoms with E-state index in [0.29, 0.717) is 0 Å². The molecule has 1 fully saturated rings. The van der Waals surface area contributed by atoms with E-state index in [9.17, 15) is 4.79 Å². The van der Waals surface area contributed by atoms with Crippen molar-refractivity contribution in [2.24, 2.45) is 0 Å². The lowest BCUT2D eigenvalue weighted by atomic mass is 9.77. The van der Waals surface area contributed by atoms with Crippen molar-refractivity contribution in [1.29, 1.82) is 0 Å². The molecule has 1 aliphatic carbocycles. The van der Waals surface area contributed by atoms with Gasteiger partial charge in [0.2, 0.25) is 0 Å². The fourth-order valence-corrected chi connectivity index (χ4v) is 5.59. The summed E-state index contributed by atoms with van der Waals surface area (Å²) in [4.78, 5) is 12.9. The number of amides is 1. The Hall–Kier alpha value is -2.39. The van der Waals surface area contributed by atoms with Crippen molar-refractivity contribution in [3.8, 4) is 11.1 Å². The first kappa shape index (κ1) is 27.2. The molecule has 1 saturated heterocycles. The van der Waals surface area contributed by atoms with Gasteiger partial charge in [0.05, 0.1) is 11.2 Å². The summed E-state index contributed by atoms with van der Waals surface area (Å²) in [6.45, 7) is 8.52. The second-order valence-corrected chi connectivity index (χ2v) is 12.4. The molecule has 0 spiro atoms. The summed E-state index contributed by atoms with van der Waals surface area (Å²) in [6, 6.07) is 22.5. The number of carbonyl (C=O) groups is 1. The smallest absolute Gasteiger partial charge is 0.449 e. The average Bonchev–Trinajstić information content (AvgIpc) is 3.31. The van der Waals surface area contributed by atoms with E-state index in [0.717, 1.165) is 20.0 Å². The Labute approximate surface area is 241 Å². The predicted molar refractivity (Wildman–Crippen MR) is 159 cm³/mol. The SMILES string of the molecule is CC1(C)OB(C(=Cc2cc(Br)ccc2Br)CNC(=O)OCC2c3ccccc3-c3ccccc32)OC1(C)C. The molecule has 5 nitrogen and oxygen atoms in total. The number of ether oxygens (including phenoxy) is 1. The number of hydrogen-bond acceptors (Lipinski definition) is 4. The molecule has 0 radical (unpaired) electrons. The molecule has 0 unspecified atom stereocenters. The van der Waals surface area contributed by atoms with Gasteiger partial charge in [-0.1, -0.05) is 86.5 Å². The Morgan fingerprint density at radius 3 is 2.13 bits per heavy atom. The highest BCUT2D eigenvalue weighted by molar-refractivity contribution is 9.11. The Morgan fingerprint density at radius 2 is 1.53 bits per heavy atom. The molecular formula is C30H30BBr2NO4. The number of benzene rings is 3. The zero-order chi connectivity index (χ0) is 27.1. The normalized spacial score (nSPS) is 17.7. The molecule has 3 aromatic rings. The number of rotatable bonds is 6. The van der Waals surface area contributed by atoms with E-state index in [1.54, 1.807) is 0 Å². The van der Waals surface area contributed by atoms with Crippen molar-refractivity contribution in [2.45, 2.75) is 44.8 Å². The minimum Gasteiger partial charge on any atom is -0.449 e. The van der Waals surface area contributed by atoms with Crippen LogP contribution in [0.4, 0.5) is 4.79 Å². The maximum Gasteiger partial charge on any atom is 0.492 e. The van der Waals surface area contributed by atoms with E-state index < -0.39 is 24.4 Å². The molecule has 1 aliphatic heterocycles. The maximum atomic E-state index is 12.9. The largest absolute Gasteiger partial charge is 0.492 e. The molecule has 2 aliphatic rings. The van der Waals surface area contributed by atoms with Gasteiger partial charge in [0, 0.05) is 21.4 Å². The third-order valence-electron chi connectivity index (χ3n) is 7.64. The highest BCUT2D eigenvalue weighted by Crippen LogP contribution is 2.44. The molecule has 0 saturated carbocycles. The van der Waals surface area contributed by atoms with Crippen molar-refractivity contribution in [3.63, 3.8) is 0 Å². The fraction of sp³-hybridized carbons (Fsp3) is 0.300. The average molecular weight is 639 g/mol. The lowest BCUT2D eigenvalue weighted by Gasteiger charge is -2.32. The third kappa shape index (κ3) is 5.37. The van der Waals surface area contributed by atoms with Crippen molar-refractivity contribution >= 4 is 51.1 Å². The van der Waals surface area contributed by atoms with Crippen LogP contribution in [-0.2, 0) is 14.0 Å². The number of nitrogens with one attached hydrogen (secondary N) is 1. The van der Waals surface area contributed by atoms with E-state index in [1.165, 1.54) is 22.3 Å². The summed E-state index contributed by atoms with van der Waals surface area (Å²) in [5.74, 6) is 0.00360. The number of alkyl carbamates (subject to hydrolysis) is 1. The second-order valence-electron chi connectivity index (χ2n) is 10.7. The molecule has 0 bridgehead atoms. The summed E-state index contributed by atoms with van der Waals surface area (Å²) < 4.78 is 20.2. The molecule has 38 heavy (non-hydrogen) atoms. The first-order chi connectivity index (χ1) is 18.1. The summed E-state index contributed by atoms with van der Waals surface area (Å²) in [5.41, 5.74) is 5.47. The molecule has 196 valence electrons. The molecule has 1 heterocycles. The Morgan fingerprint density at radius 1 is 0.947 bits per heavy atom. The van der Waals surface area contributed by atoms with Crippen LogP contribution in [0.15, 0.2) is 81.1 Å². The Bertz CT molecular complexity index is 1340. The molecule has 1 N–H and O–H groups in total. The number of halogens is 2. The lowest BCUT2D eigenvalue weighted by Crippen LogP contribution is -2.41. The number of carbonyl (C=O) groups excluding carboxylic acids is 1. The van der Waals surface area contributed by atoms with E-state index in [4.69, 9.17) is 14.0 Å². The highest BCUT2D eigenvalue weighted by atomic mass is 79.9. The van der Waals surface area contributed by atoms with Crippen LogP contribution < -0.4 is 5.32 Å². The van der Waals surface area contributed by atoms with Crippen molar-refractivity contribution in [3.05, 3.63) is 97.8 Å². The van der Waals surface area contributed by atoms with Crippen LogP contribution in [0.25, 0.3) is 17.2 Å². The molecule has 0 aromatic heterocycles. The monoisotopic (exact) mass is 637 g/mol. The topological polar surface area (TPSA) is 56.8 Å². The number of fused-ring (bicyclic) bond motifs is 3. The lowest BCUT2D eigenvalue weighted by molar-refractivity contribution is 0.00578. The van der Waals surface area contributed by atoms with E-state index in [-0.39, 0.29) is 19.1 Å². The van der Waals surface area contributed by atoms with E-state index in [1.807, 2.05) is 76.2 Å². The van der Waals surface area contributed by atoms with Gasteiger partial charge in [0.25, 0.3) is 0 Å². The van der Waals surface area contributed by atoms with Crippen LogP contribution in [-0.4, -0.2) is 37.6 Å². The van der Waals surface area contributed by atoms with Gasteiger partial charge in [0.1, 0.15) is 6.61 Å². The minimum absolute atomic E-state index is 0.00360. The molecule has 8 heteroatoms. The summed E-state index contributed by atoms with van der Waals surface area (Å²) in [6.07, 6.45) is 1.50. The van der Waals surface area contributed by atoms with Crippen LogP contribution >= 0.6 is 31.9 Å². The van der Waals surface area contributed by atoms with Gasteiger partial charge in [-0.25, -0.2) is 4.79 Å². The van der Waals surface area contributed by atoms with Gasteiger partial charge in [-0.05, 0) is 79.2 Å². The zero-order valence-electron chi connectivity index (χ0n) is 21.9. The molecule has 3 aromatic carbocycles. The Kier molecular flexibility index (Phi) is 7.62. The summed E-state index contributed by atoms with van der Waals surface area (Å²) in [7, 11) is -0.611. The van der Waals surface area contributed by atoms with Crippen LogP contribution in [0.2, 0.25) is 0 Å². The quantitative estimate of drug-likeness (QED) is 0.280. The third-order valence-corrected chi connectivity index (χ3v) is 8.85. The Balaban J connectivity index is 1.31. The van der Waals surface area contributed by atoms with Crippen LogP contribution in [0.1, 0.15) is 50.3 Å². The summed E-state index contributed by atoms with van der Waals surface area (Å²) in [5, 5.41) is 2.92. The fourth-order valence-electron chi connectivity index (χ4n) is 4.85. The summed E-state index contributed by atoms with van der Waals surface area (Å²) >= 11 is 7.16. The number of hydrogen-bond donors (Lipinski definition) is 1. The van der Waals surface area contributed by atoms with Crippen LogP contribution in [0, 0.1) is 0 Å². The minimum atomic E-state index is -0.611. The van der Waals surface area contributed by atoms with E-state index in [2.05, 4.69) is 61.4 Å². The molecular weight excluding hydrogens is 609 g/mol. The van der Waals surface area contributed by atoms with Gasteiger partial charge < -0.3 is 19.4 Å². The van der Waals surface area contributed by atoms with Crippen LogP contribution in [0.5, 0.6) is 0 Å². The zero-order valence-corrected chi connectivity index (χ0v) is 25.1. The molecule has 5 rings (SSSR count). The molecule has 1 amide bonds. The van der Waals surface area contributed by atoms with Gasteiger partial charge in [-0.2, -0.15) is 0 Å². The van der Waals surface area contributed by atoms with E-state index >= 15 is 0 Å². The second kappa shape index (κ2) is 10.6. The van der Waals surface area contributed by atoms with Gasteiger partial charge >= 0.3 is 13.2 Å². The first-order valence-corrected chi connectivity index (χ1v) is 14.2. The van der Waals surface area contributed by atoms with Gasteiger partial charge in [0.15, 0.2) is 0 Å². The van der Waals surface area contributed by atoms with Gasteiger partial charge in [-0.3, -0.25) is 0 Å². The van der Waals surface area contributed by atoms with Crippen molar-refractivity contribution in [2.75, 3.05) is 13.2 Å². The highest BCUT2D eigenvalue weighted by Gasteiger charge is 2.52. The van der Waals surface area contributed by atoms with Crippen LogP contribution in [0.3, 0.4) is 0 Å². The molecule has 0 atom stereocenters. The predicted octanol–water partition coefficient (Wildman–Crippen LogP) is 7.77. The van der Waals surface area contributed by atoms with Gasteiger partial charge in [-0.15, -0.1) is 0 Å². The van der Waals surface area contributed by atoms with Crippen molar-refractivity contribution < 1.29 is 18.8 Å². The van der Waals surface area contributed by atoms with Crippen molar-refractivity contribution in [1.82, 2.24) is 5.32 Å².